The van der Waals surface area contributed by atoms with Gasteiger partial charge in [0.05, 0.1) is 6.10 Å². The summed E-state index contributed by atoms with van der Waals surface area (Å²) in [7, 11) is 0. The summed E-state index contributed by atoms with van der Waals surface area (Å²) in [6.45, 7) is 9.25. The Kier molecular flexibility index (Phi) is 3.11. The zero-order valence-corrected chi connectivity index (χ0v) is 8.49. The minimum atomic E-state index is -0.611. The highest BCUT2D eigenvalue weighted by atomic mass is 16.8. The maximum Gasteiger partial charge on any atom is 0.164 e. The normalized spacial score (nSPS) is 34.5. The molecule has 13 heavy (non-hydrogen) atoms. The molecule has 0 aromatic heterocycles. The number of ether oxygens (including phenoxy) is 2. The molecular formula is C10H18O3. The van der Waals surface area contributed by atoms with Crippen LogP contribution >= 0.6 is 0 Å². The first-order valence-corrected chi connectivity index (χ1v) is 4.66. The van der Waals surface area contributed by atoms with E-state index in [1.807, 2.05) is 20.8 Å². The van der Waals surface area contributed by atoms with Gasteiger partial charge in [-0.05, 0) is 20.3 Å². The van der Waals surface area contributed by atoms with E-state index in [9.17, 15) is 5.11 Å². The van der Waals surface area contributed by atoms with Gasteiger partial charge in [0.1, 0.15) is 12.2 Å². The second-order valence-corrected chi connectivity index (χ2v) is 3.78. The molecule has 76 valence electrons. The average molecular weight is 186 g/mol. The van der Waals surface area contributed by atoms with Crippen LogP contribution in [-0.4, -0.2) is 29.2 Å². The first-order valence-electron chi connectivity index (χ1n) is 4.66. The molecule has 3 heteroatoms. The van der Waals surface area contributed by atoms with E-state index in [0.717, 1.165) is 0 Å². The van der Waals surface area contributed by atoms with E-state index in [-0.39, 0.29) is 12.2 Å². The molecule has 0 amide bonds. The van der Waals surface area contributed by atoms with Crippen LogP contribution in [0.25, 0.3) is 0 Å². The van der Waals surface area contributed by atoms with E-state index in [2.05, 4.69) is 6.58 Å². The molecular weight excluding hydrogens is 168 g/mol. The van der Waals surface area contributed by atoms with Crippen molar-refractivity contribution in [2.45, 2.75) is 51.3 Å². The van der Waals surface area contributed by atoms with Crippen LogP contribution in [-0.2, 0) is 9.47 Å². The molecule has 0 aromatic carbocycles. The number of hydrogen-bond donors (Lipinski definition) is 1. The summed E-state index contributed by atoms with van der Waals surface area (Å²) < 4.78 is 11.1. The molecule has 0 aromatic rings. The molecule has 0 aliphatic carbocycles. The molecule has 0 radical (unpaired) electrons. The van der Waals surface area contributed by atoms with Gasteiger partial charge in [-0.2, -0.15) is 0 Å². The van der Waals surface area contributed by atoms with E-state index in [1.165, 1.54) is 0 Å². The molecule has 1 aliphatic rings. The zero-order chi connectivity index (χ0) is 10.1. The highest BCUT2D eigenvalue weighted by molar-refractivity contribution is 4.95. The van der Waals surface area contributed by atoms with Crippen molar-refractivity contribution in [1.82, 2.24) is 0 Å². The van der Waals surface area contributed by atoms with Crippen LogP contribution in [0.5, 0.6) is 0 Å². The Morgan fingerprint density at radius 1 is 1.54 bits per heavy atom. The molecule has 0 bridgehead atoms. The lowest BCUT2D eigenvalue weighted by molar-refractivity contribution is -0.153. The van der Waals surface area contributed by atoms with Gasteiger partial charge in [0.2, 0.25) is 0 Å². The van der Waals surface area contributed by atoms with Gasteiger partial charge in [-0.3, -0.25) is 0 Å². The first-order chi connectivity index (χ1) is 6.00. The molecule has 1 rings (SSSR count). The maximum atomic E-state index is 9.64. The second-order valence-electron chi connectivity index (χ2n) is 3.78. The lowest BCUT2D eigenvalue weighted by Gasteiger charge is -2.19. The number of hydrogen-bond acceptors (Lipinski definition) is 3. The highest BCUT2D eigenvalue weighted by Gasteiger charge is 2.42. The van der Waals surface area contributed by atoms with Crippen molar-refractivity contribution in [2.75, 3.05) is 0 Å². The van der Waals surface area contributed by atoms with Crippen molar-refractivity contribution in [2.24, 2.45) is 0 Å². The SMILES string of the molecule is C=C[C@H]1OC(C)(C)O[C@H]1C(O)CC. The third-order valence-electron chi connectivity index (χ3n) is 2.19. The Labute approximate surface area is 79.3 Å². The summed E-state index contributed by atoms with van der Waals surface area (Å²) in [5.74, 6) is -0.611. The molecule has 1 heterocycles. The third kappa shape index (κ3) is 2.30. The van der Waals surface area contributed by atoms with Gasteiger partial charge in [-0.1, -0.05) is 13.0 Å². The summed E-state index contributed by atoms with van der Waals surface area (Å²) in [6, 6.07) is 0. The van der Waals surface area contributed by atoms with Crippen molar-refractivity contribution in [3.63, 3.8) is 0 Å². The molecule has 0 spiro atoms. The van der Waals surface area contributed by atoms with Crippen LogP contribution in [0, 0.1) is 0 Å². The fourth-order valence-electron chi connectivity index (χ4n) is 1.53. The van der Waals surface area contributed by atoms with E-state index in [1.54, 1.807) is 6.08 Å². The van der Waals surface area contributed by atoms with Crippen molar-refractivity contribution < 1.29 is 14.6 Å². The minimum Gasteiger partial charge on any atom is -0.390 e. The van der Waals surface area contributed by atoms with E-state index in [4.69, 9.17) is 9.47 Å². The minimum absolute atomic E-state index is 0.204. The molecule has 3 nitrogen and oxygen atoms in total. The molecule has 1 N–H and O–H groups in total. The van der Waals surface area contributed by atoms with Crippen molar-refractivity contribution in [3.05, 3.63) is 12.7 Å². The third-order valence-corrected chi connectivity index (χ3v) is 2.19. The topological polar surface area (TPSA) is 38.7 Å². The summed E-state index contributed by atoms with van der Waals surface area (Å²) in [5, 5.41) is 9.64. The van der Waals surface area contributed by atoms with Crippen LogP contribution in [0.3, 0.4) is 0 Å². The fraction of sp³-hybridized carbons (Fsp3) is 0.800. The average Bonchev–Trinajstić information content (AvgIpc) is 2.39. The van der Waals surface area contributed by atoms with E-state index < -0.39 is 11.9 Å². The van der Waals surface area contributed by atoms with Gasteiger partial charge in [0.15, 0.2) is 5.79 Å². The lowest BCUT2D eigenvalue weighted by Crippen LogP contribution is -2.33. The van der Waals surface area contributed by atoms with Crippen LogP contribution in [0.2, 0.25) is 0 Å². The van der Waals surface area contributed by atoms with Crippen molar-refractivity contribution in [1.29, 1.82) is 0 Å². The van der Waals surface area contributed by atoms with Gasteiger partial charge in [-0.15, -0.1) is 6.58 Å². The van der Waals surface area contributed by atoms with Crippen LogP contribution in [0.4, 0.5) is 0 Å². The largest absolute Gasteiger partial charge is 0.390 e. The first kappa shape index (κ1) is 10.7. The second kappa shape index (κ2) is 3.78. The van der Waals surface area contributed by atoms with Crippen molar-refractivity contribution in [3.8, 4) is 0 Å². The molecule has 1 fully saturated rings. The molecule has 1 aliphatic heterocycles. The van der Waals surface area contributed by atoms with Gasteiger partial charge < -0.3 is 14.6 Å². The summed E-state index contributed by atoms with van der Waals surface area (Å²) >= 11 is 0. The van der Waals surface area contributed by atoms with Crippen molar-refractivity contribution >= 4 is 0 Å². The fourth-order valence-corrected chi connectivity index (χ4v) is 1.53. The Balaban J connectivity index is 2.68. The highest BCUT2D eigenvalue weighted by Crippen LogP contribution is 2.31. The Bertz CT molecular complexity index is 189. The van der Waals surface area contributed by atoms with Crippen LogP contribution < -0.4 is 0 Å². The van der Waals surface area contributed by atoms with Crippen LogP contribution in [0.15, 0.2) is 12.7 Å². The Hall–Kier alpha value is -0.380. The predicted octanol–water partition coefficient (Wildman–Crippen LogP) is 1.46. The predicted molar refractivity (Wildman–Crippen MR) is 50.3 cm³/mol. The molecule has 3 atom stereocenters. The van der Waals surface area contributed by atoms with Crippen LogP contribution in [0.1, 0.15) is 27.2 Å². The van der Waals surface area contributed by atoms with E-state index in [0.29, 0.717) is 6.42 Å². The number of rotatable bonds is 3. The molecule has 0 saturated carbocycles. The summed E-state index contributed by atoms with van der Waals surface area (Å²) in [5.41, 5.74) is 0. The standard InChI is InChI=1S/C10H18O3/c1-5-7(11)9-8(6-2)12-10(3,4)13-9/h6-9,11H,2,5H2,1,3-4H3/t7?,8-,9+/m1/s1. The summed E-state index contributed by atoms with van der Waals surface area (Å²) in [6.07, 6.45) is 1.37. The summed E-state index contributed by atoms with van der Waals surface area (Å²) in [4.78, 5) is 0. The zero-order valence-electron chi connectivity index (χ0n) is 8.49. The van der Waals surface area contributed by atoms with Gasteiger partial charge >= 0.3 is 0 Å². The monoisotopic (exact) mass is 186 g/mol. The Morgan fingerprint density at radius 3 is 2.62 bits per heavy atom. The number of aliphatic hydroxyl groups excluding tert-OH is 1. The van der Waals surface area contributed by atoms with Gasteiger partial charge in [0.25, 0.3) is 0 Å². The van der Waals surface area contributed by atoms with Gasteiger partial charge in [-0.25, -0.2) is 0 Å². The maximum absolute atomic E-state index is 9.64. The lowest BCUT2D eigenvalue weighted by atomic mass is 10.1. The Morgan fingerprint density at radius 2 is 2.15 bits per heavy atom. The van der Waals surface area contributed by atoms with Gasteiger partial charge in [0, 0.05) is 0 Å². The quantitative estimate of drug-likeness (QED) is 0.678. The smallest absolute Gasteiger partial charge is 0.164 e. The molecule has 1 saturated heterocycles. The number of aliphatic hydroxyl groups is 1. The molecule has 1 unspecified atom stereocenters. The van der Waals surface area contributed by atoms with E-state index >= 15 is 0 Å².